The molecular formula is C27H28FN5O. The molecule has 0 unspecified atom stereocenters. The van der Waals surface area contributed by atoms with Crippen molar-refractivity contribution in [1.29, 1.82) is 0 Å². The van der Waals surface area contributed by atoms with Gasteiger partial charge in [-0.2, -0.15) is 0 Å². The van der Waals surface area contributed by atoms with Gasteiger partial charge >= 0.3 is 0 Å². The third-order valence-corrected chi connectivity index (χ3v) is 6.34. The lowest BCUT2D eigenvalue weighted by molar-refractivity contribution is 0.389. The zero-order valence-electron chi connectivity index (χ0n) is 18.9. The Hall–Kier alpha value is -3.55. The van der Waals surface area contributed by atoms with Crippen LogP contribution in [0.15, 0.2) is 71.7 Å². The minimum Gasteiger partial charge on any atom is -0.472 e. The van der Waals surface area contributed by atoms with E-state index in [9.17, 15) is 0 Å². The van der Waals surface area contributed by atoms with Gasteiger partial charge in [-0.25, -0.2) is 9.37 Å². The Labute approximate surface area is 198 Å². The topological polar surface area (TPSA) is 89.0 Å². The smallest absolute Gasteiger partial charge is 0.145 e. The molecule has 1 saturated heterocycles. The summed E-state index contributed by atoms with van der Waals surface area (Å²) in [6, 6.07) is 14.8. The molecule has 4 aromatic rings. The van der Waals surface area contributed by atoms with E-state index >= 15 is 4.39 Å². The van der Waals surface area contributed by atoms with Crippen molar-refractivity contribution >= 4 is 5.82 Å². The molecule has 1 aliphatic heterocycles. The fraction of sp³-hybridized carbons (Fsp3) is 0.259. The Morgan fingerprint density at radius 1 is 1.00 bits per heavy atom. The largest absolute Gasteiger partial charge is 0.472 e. The normalized spacial score (nSPS) is 14.3. The standard InChI is InChI=1S/C27H28FN5O/c28-24-13-21(22-9-12-34-17-22)5-6-23(24)27-26(20-3-1-18(14-29)2-4-20)32-16-25(33-27)31-15-19-7-10-30-11-8-19/h1-6,9,12-13,16-17,19,30H,7-8,10-11,14-15,29H2,(H,31,33). The molecule has 0 atom stereocenters. The van der Waals surface area contributed by atoms with E-state index in [1.807, 2.05) is 36.4 Å². The van der Waals surface area contributed by atoms with Gasteiger partial charge in [-0.1, -0.05) is 30.3 Å². The first-order valence-corrected chi connectivity index (χ1v) is 11.6. The predicted molar refractivity (Wildman–Crippen MR) is 133 cm³/mol. The average Bonchev–Trinajstić information content (AvgIpc) is 3.43. The van der Waals surface area contributed by atoms with E-state index in [0.717, 1.165) is 54.7 Å². The second kappa shape index (κ2) is 10.2. The lowest BCUT2D eigenvalue weighted by Crippen LogP contribution is -2.31. The van der Waals surface area contributed by atoms with Crippen LogP contribution in [0.25, 0.3) is 33.6 Å². The molecule has 2 aromatic heterocycles. The highest BCUT2D eigenvalue weighted by Gasteiger charge is 2.18. The van der Waals surface area contributed by atoms with Crippen LogP contribution in [0, 0.1) is 11.7 Å². The number of aromatic nitrogens is 2. The summed E-state index contributed by atoms with van der Waals surface area (Å²) in [5.74, 6) is 0.874. The highest BCUT2D eigenvalue weighted by atomic mass is 19.1. The Morgan fingerprint density at radius 2 is 1.79 bits per heavy atom. The van der Waals surface area contributed by atoms with Crippen molar-refractivity contribution in [2.75, 3.05) is 25.0 Å². The number of nitrogens with two attached hydrogens (primary N) is 1. The molecule has 6 nitrogen and oxygen atoms in total. The highest BCUT2D eigenvalue weighted by molar-refractivity contribution is 5.80. The molecule has 0 amide bonds. The van der Waals surface area contributed by atoms with Crippen LogP contribution in [-0.2, 0) is 6.54 Å². The van der Waals surface area contributed by atoms with E-state index in [2.05, 4.69) is 10.6 Å². The van der Waals surface area contributed by atoms with Gasteiger partial charge in [0, 0.05) is 29.8 Å². The average molecular weight is 458 g/mol. The van der Waals surface area contributed by atoms with Crippen molar-refractivity contribution in [3.63, 3.8) is 0 Å². The van der Waals surface area contributed by atoms with Gasteiger partial charge in [-0.15, -0.1) is 0 Å². The maximum atomic E-state index is 15.4. The number of hydrogen-bond acceptors (Lipinski definition) is 6. The van der Waals surface area contributed by atoms with E-state index in [4.69, 9.17) is 20.1 Å². The summed E-state index contributed by atoms with van der Waals surface area (Å²) in [7, 11) is 0. The summed E-state index contributed by atoms with van der Waals surface area (Å²) in [5, 5.41) is 6.81. The number of piperidine rings is 1. The maximum absolute atomic E-state index is 15.4. The molecule has 0 aliphatic carbocycles. The minimum absolute atomic E-state index is 0.358. The van der Waals surface area contributed by atoms with Gasteiger partial charge in [-0.3, -0.25) is 4.98 Å². The number of halogens is 1. The van der Waals surface area contributed by atoms with Gasteiger partial charge in [0.05, 0.1) is 24.4 Å². The molecule has 0 bridgehead atoms. The molecule has 4 N–H and O–H groups in total. The molecule has 34 heavy (non-hydrogen) atoms. The van der Waals surface area contributed by atoms with Gasteiger partial charge in [-0.05, 0) is 61.2 Å². The fourth-order valence-corrected chi connectivity index (χ4v) is 4.32. The van der Waals surface area contributed by atoms with Crippen LogP contribution < -0.4 is 16.4 Å². The van der Waals surface area contributed by atoms with Crippen LogP contribution in [-0.4, -0.2) is 29.6 Å². The van der Waals surface area contributed by atoms with Gasteiger partial charge in [0.15, 0.2) is 0 Å². The molecule has 0 radical (unpaired) electrons. The molecule has 3 heterocycles. The zero-order valence-corrected chi connectivity index (χ0v) is 18.9. The van der Waals surface area contributed by atoms with Gasteiger partial charge in [0.2, 0.25) is 0 Å². The number of furan rings is 1. The van der Waals surface area contributed by atoms with E-state index in [1.54, 1.807) is 24.8 Å². The molecule has 7 heteroatoms. The Kier molecular flexibility index (Phi) is 6.65. The third kappa shape index (κ3) is 4.85. The molecule has 174 valence electrons. The number of nitrogens with zero attached hydrogens (tertiary/aromatic N) is 2. The van der Waals surface area contributed by atoms with Crippen molar-refractivity contribution in [2.45, 2.75) is 19.4 Å². The number of benzene rings is 2. The SMILES string of the molecule is NCc1ccc(-c2ncc(NCC3CCNCC3)nc2-c2ccc(-c3ccoc3)cc2F)cc1. The van der Waals surface area contributed by atoms with Crippen LogP contribution in [0.4, 0.5) is 10.2 Å². The Morgan fingerprint density at radius 3 is 2.50 bits per heavy atom. The first-order valence-electron chi connectivity index (χ1n) is 11.6. The quantitative estimate of drug-likeness (QED) is 0.359. The van der Waals surface area contributed by atoms with E-state index in [-0.39, 0.29) is 5.82 Å². The lowest BCUT2D eigenvalue weighted by atomic mass is 9.98. The highest BCUT2D eigenvalue weighted by Crippen LogP contribution is 2.34. The zero-order chi connectivity index (χ0) is 23.3. The van der Waals surface area contributed by atoms with Crippen LogP contribution in [0.1, 0.15) is 18.4 Å². The monoisotopic (exact) mass is 457 g/mol. The van der Waals surface area contributed by atoms with E-state index in [0.29, 0.717) is 35.2 Å². The molecule has 5 rings (SSSR count). The van der Waals surface area contributed by atoms with E-state index in [1.165, 1.54) is 6.07 Å². The van der Waals surface area contributed by atoms with Crippen molar-refractivity contribution in [3.05, 3.63) is 78.6 Å². The molecular weight excluding hydrogens is 429 g/mol. The van der Waals surface area contributed by atoms with Gasteiger partial charge in [0.1, 0.15) is 17.3 Å². The number of nitrogens with one attached hydrogen (secondary N) is 2. The summed E-state index contributed by atoms with van der Waals surface area (Å²) in [5.41, 5.74) is 10.8. The summed E-state index contributed by atoms with van der Waals surface area (Å²) in [6.45, 7) is 3.36. The molecule has 1 fully saturated rings. The van der Waals surface area contributed by atoms with Crippen LogP contribution >= 0.6 is 0 Å². The fourth-order valence-electron chi connectivity index (χ4n) is 4.32. The van der Waals surface area contributed by atoms with Crippen LogP contribution in [0.5, 0.6) is 0 Å². The van der Waals surface area contributed by atoms with Crippen molar-refractivity contribution in [1.82, 2.24) is 15.3 Å². The first kappa shape index (κ1) is 22.3. The van der Waals surface area contributed by atoms with Crippen molar-refractivity contribution in [2.24, 2.45) is 11.7 Å². The van der Waals surface area contributed by atoms with E-state index < -0.39 is 0 Å². The number of anilines is 1. The summed E-state index contributed by atoms with van der Waals surface area (Å²) >= 11 is 0. The van der Waals surface area contributed by atoms with Gasteiger partial charge in [0.25, 0.3) is 0 Å². The third-order valence-electron chi connectivity index (χ3n) is 6.34. The maximum Gasteiger partial charge on any atom is 0.145 e. The molecule has 2 aromatic carbocycles. The summed E-state index contributed by atoms with van der Waals surface area (Å²) < 4.78 is 20.6. The molecule has 1 aliphatic rings. The molecule has 0 saturated carbocycles. The lowest BCUT2D eigenvalue weighted by Gasteiger charge is -2.23. The van der Waals surface area contributed by atoms with Crippen molar-refractivity contribution in [3.8, 4) is 33.6 Å². The Balaban J connectivity index is 1.51. The minimum atomic E-state index is -0.358. The van der Waals surface area contributed by atoms with Crippen LogP contribution in [0.3, 0.4) is 0 Å². The molecule has 0 spiro atoms. The number of hydrogen-bond donors (Lipinski definition) is 3. The summed E-state index contributed by atoms with van der Waals surface area (Å²) in [6.07, 6.45) is 7.16. The number of rotatable bonds is 7. The first-order chi connectivity index (χ1) is 16.7. The Bertz CT molecular complexity index is 1230. The second-order valence-electron chi connectivity index (χ2n) is 8.63. The van der Waals surface area contributed by atoms with Crippen molar-refractivity contribution < 1.29 is 8.81 Å². The van der Waals surface area contributed by atoms with Crippen LogP contribution in [0.2, 0.25) is 0 Å². The summed E-state index contributed by atoms with van der Waals surface area (Å²) in [4.78, 5) is 9.53. The predicted octanol–water partition coefficient (Wildman–Crippen LogP) is 5.08. The second-order valence-corrected chi connectivity index (χ2v) is 8.63. The van der Waals surface area contributed by atoms with Gasteiger partial charge < -0.3 is 20.8 Å².